The number of rotatable bonds is 6. The second kappa shape index (κ2) is 6.39. The fourth-order valence-electron chi connectivity index (χ4n) is 1.82. The Hall–Kier alpha value is -0.0800. The molecule has 0 aliphatic heterocycles. The molecular weight excluding hydrogens is 160 g/mol. The van der Waals surface area contributed by atoms with Crippen molar-refractivity contribution in [3.8, 4) is 0 Å². The lowest BCUT2D eigenvalue weighted by Gasteiger charge is -2.32. The molecule has 2 heteroatoms. The van der Waals surface area contributed by atoms with Gasteiger partial charge < -0.3 is 10.2 Å². The topological polar surface area (TPSA) is 15.3 Å². The van der Waals surface area contributed by atoms with E-state index in [1.54, 1.807) is 0 Å². The van der Waals surface area contributed by atoms with E-state index >= 15 is 0 Å². The highest BCUT2D eigenvalue weighted by atomic mass is 15.1. The molecule has 0 amide bonds. The van der Waals surface area contributed by atoms with Crippen LogP contribution in [0.2, 0.25) is 0 Å². The summed E-state index contributed by atoms with van der Waals surface area (Å²) in [6.07, 6.45) is 0. The molecule has 0 heterocycles. The van der Waals surface area contributed by atoms with Gasteiger partial charge in [0.15, 0.2) is 0 Å². The Morgan fingerprint density at radius 3 is 2.00 bits per heavy atom. The third-order valence-electron chi connectivity index (χ3n) is 2.40. The minimum Gasteiger partial charge on any atom is -0.318 e. The Balaban J connectivity index is 4.02. The molecule has 80 valence electrons. The summed E-state index contributed by atoms with van der Waals surface area (Å²) in [7, 11) is 4.25. The Labute approximate surface area is 83.7 Å². The normalized spacial score (nSPS) is 14.5. The Morgan fingerprint density at radius 1 is 1.15 bits per heavy atom. The highest BCUT2D eigenvalue weighted by Crippen LogP contribution is 2.10. The zero-order chi connectivity index (χ0) is 10.4. The molecule has 0 rings (SSSR count). The van der Waals surface area contributed by atoms with Crippen LogP contribution in [-0.2, 0) is 0 Å². The van der Waals surface area contributed by atoms with E-state index in [0.29, 0.717) is 6.04 Å². The Morgan fingerprint density at radius 2 is 1.69 bits per heavy atom. The molecule has 0 saturated heterocycles. The summed E-state index contributed by atoms with van der Waals surface area (Å²) in [5.74, 6) is 1.47. The van der Waals surface area contributed by atoms with Crippen molar-refractivity contribution in [2.75, 3.05) is 27.2 Å². The number of hydrogen-bond acceptors (Lipinski definition) is 2. The average molecular weight is 186 g/mol. The van der Waals surface area contributed by atoms with Gasteiger partial charge in [0.05, 0.1) is 0 Å². The fraction of sp³-hybridized carbons (Fsp3) is 1.00. The first-order valence-electron chi connectivity index (χ1n) is 5.33. The van der Waals surface area contributed by atoms with Gasteiger partial charge in [0, 0.05) is 19.1 Å². The lowest BCUT2D eigenvalue weighted by Crippen LogP contribution is -2.44. The van der Waals surface area contributed by atoms with E-state index in [4.69, 9.17) is 0 Å². The molecule has 0 aliphatic rings. The maximum Gasteiger partial charge on any atom is 0.0240 e. The smallest absolute Gasteiger partial charge is 0.0240 e. The van der Waals surface area contributed by atoms with Crippen LogP contribution in [0, 0.1) is 11.8 Å². The number of nitrogens with zero attached hydrogens (tertiary/aromatic N) is 1. The molecule has 13 heavy (non-hydrogen) atoms. The van der Waals surface area contributed by atoms with Crippen molar-refractivity contribution in [1.29, 1.82) is 0 Å². The Bertz CT molecular complexity index is 121. The highest BCUT2D eigenvalue weighted by Gasteiger charge is 2.17. The SMILES string of the molecule is CNCC(C(C)C)N(C)CC(C)C. The van der Waals surface area contributed by atoms with Crippen LogP contribution in [0.3, 0.4) is 0 Å². The molecule has 0 aromatic heterocycles. The van der Waals surface area contributed by atoms with Gasteiger partial charge in [0.25, 0.3) is 0 Å². The van der Waals surface area contributed by atoms with Crippen molar-refractivity contribution < 1.29 is 0 Å². The number of nitrogens with one attached hydrogen (secondary N) is 1. The molecule has 0 spiro atoms. The summed E-state index contributed by atoms with van der Waals surface area (Å²) in [6, 6.07) is 0.660. The maximum absolute atomic E-state index is 3.26. The van der Waals surface area contributed by atoms with E-state index in [-0.39, 0.29) is 0 Å². The monoisotopic (exact) mass is 186 g/mol. The van der Waals surface area contributed by atoms with Gasteiger partial charge in [-0.1, -0.05) is 27.7 Å². The van der Waals surface area contributed by atoms with E-state index in [2.05, 4.69) is 45.0 Å². The molecule has 1 atom stereocenters. The van der Waals surface area contributed by atoms with Gasteiger partial charge in [-0.25, -0.2) is 0 Å². The van der Waals surface area contributed by atoms with Gasteiger partial charge in [-0.3, -0.25) is 0 Å². The minimum absolute atomic E-state index is 0.660. The van der Waals surface area contributed by atoms with Crippen molar-refractivity contribution in [3.05, 3.63) is 0 Å². The van der Waals surface area contributed by atoms with Crippen molar-refractivity contribution in [3.63, 3.8) is 0 Å². The highest BCUT2D eigenvalue weighted by molar-refractivity contribution is 4.74. The zero-order valence-corrected chi connectivity index (χ0v) is 10.1. The molecule has 2 nitrogen and oxygen atoms in total. The van der Waals surface area contributed by atoms with Crippen molar-refractivity contribution in [2.24, 2.45) is 11.8 Å². The van der Waals surface area contributed by atoms with E-state index in [1.165, 1.54) is 6.54 Å². The van der Waals surface area contributed by atoms with Crippen molar-refractivity contribution >= 4 is 0 Å². The van der Waals surface area contributed by atoms with Crippen LogP contribution in [0.15, 0.2) is 0 Å². The molecule has 0 saturated carbocycles. The summed E-state index contributed by atoms with van der Waals surface area (Å²) < 4.78 is 0. The Kier molecular flexibility index (Phi) is 6.35. The molecule has 0 radical (unpaired) electrons. The van der Waals surface area contributed by atoms with Crippen molar-refractivity contribution in [1.82, 2.24) is 10.2 Å². The summed E-state index contributed by atoms with van der Waals surface area (Å²) in [5, 5.41) is 3.26. The lowest BCUT2D eigenvalue weighted by molar-refractivity contribution is 0.172. The summed E-state index contributed by atoms with van der Waals surface area (Å²) in [5.41, 5.74) is 0. The molecule has 0 aliphatic carbocycles. The van der Waals surface area contributed by atoms with Crippen molar-refractivity contribution in [2.45, 2.75) is 33.7 Å². The first-order chi connectivity index (χ1) is 5.99. The second-order valence-corrected chi connectivity index (χ2v) is 4.70. The van der Waals surface area contributed by atoms with E-state index in [1.807, 2.05) is 7.05 Å². The summed E-state index contributed by atoms with van der Waals surface area (Å²) >= 11 is 0. The van der Waals surface area contributed by atoms with Gasteiger partial charge in [-0.15, -0.1) is 0 Å². The fourth-order valence-corrected chi connectivity index (χ4v) is 1.82. The number of hydrogen-bond donors (Lipinski definition) is 1. The largest absolute Gasteiger partial charge is 0.318 e. The third kappa shape index (κ3) is 5.27. The summed E-state index contributed by atoms with van der Waals surface area (Å²) in [6.45, 7) is 11.4. The molecule has 0 bridgehead atoms. The van der Waals surface area contributed by atoms with Crippen LogP contribution >= 0.6 is 0 Å². The third-order valence-corrected chi connectivity index (χ3v) is 2.40. The van der Waals surface area contributed by atoms with Crippen LogP contribution in [-0.4, -0.2) is 38.1 Å². The van der Waals surface area contributed by atoms with Crippen LogP contribution in [0.5, 0.6) is 0 Å². The molecular formula is C11H26N2. The predicted molar refractivity (Wildman–Crippen MR) is 60.0 cm³/mol. The lowest BCUT2D eigenvalue weighted by atomic mass is 10.0. The van der Waals surface area contributed by atoms with Gasteiger partial charge in [0.2, 0.25) is 0 Å². The number of likely N-dealkylation sites (N-methyl/N-ethyl adjacent to an activating group) is 2. The first kappa shape index (κ1) is 12.9. The quantitative estimate of drug-likeness (QED) is 0.680. The zero-order valence-electron chi connectivity index (χ0n) is 10.1. The average Bonchev–Trinajstić information content (AvgIpc) is 1.97. The van der Waals surface area contributed by atoms with Crippen LogP contribution in [0.1, 0.15) is 27.7 Å². The predicted octanol–water partition coefficient (Wildman–Crippen LogP) is 1.82. The maximum atomic E-state index is 3.26. The summed E-state index contributed by atoms with van der Waals surface area (Å²) in [4.78, 5) is 2.46. The molecule has 0 fully saturated rings. The molecule has 0 aromatic rings. The van der Waals surface area contributed by atoms with Gasteiger partial charge >= 0.3 is 0 Å². The molecule has 1 N–H and O–H groups in total. The van der Waals surface area contributed by atoms with Crippen LogP contribution in [0.4, 0.5) is 0 Å². The first-order valence-corrected chi connectivity index (χ1v) is 5.33. The minimum atomic E-state index is 0.660. The molecule has 0 aromatic carbocycles. The standard InChI is InChI=1S/C11H26N2/c1-9(2)8-13(6)11(7-12-5)10(3)4/h9-12H,7-8H2,1-6H3. The second-order valence-electron chi connectivity index (χ2n) is 4.70. The molecule has 1 unspecified atom stereocenters. The van der Waals surface area contributed by atoms with E-state index in [0.717, 1.165) is 18.4 Å². The van der Waals surface area contributed by atoms with Crippen LogP contribution < -0.4 is 5.32 Å². The van der Waals surface area contributed by atoms with E-state index < -0.39 is 0 Å². The van der Waals surface area contributed by atoms with Gasteiger partial charge in [-0.2, -0.15) is 0 Å². The van der Waals surface area contributed by atoms with Gasteiger partial charge in [0.1, 0.15) is 0 Å². The van der Waals surface area contributed by atoms with Gasteiger partial charge in [-0.05, 0) is 25.9 Å². The van der Waals surface area contributed by atoms with Crippen LogP contribution in [0.25, 0.3) is 0 Å². The van der Waals surface area contributed by atoms with E-state index in [9.17, 15) is 0 Å².